The molecule has 0 aliphatic heterocycles. The predicted molar refractivity (Wildman–Crippen MR) is 95.6 cm³/mol. The summed E-state index contributed by atoms with van der Waals surface area (Å²) in [6, 6.07) is 6.15. The second-order valence-electron chi connectivity index (χ2n) is 5.63. The number of carbonyl (C=O) groups is 1. The van der Waals surface area contributed by atoms with Crippen molar-refractivity contribution in [2.45, 2.75) is 18.4 Å². The maximum absolute atomic E-state index is 12.4. The van der Waals surface area contributed by atoms with E-state index >= 15 is 0 Å². The van der Waals surface area contributed by atoms with Gasteiger partial charge in [0, 0.05) is 7.05 Å². The van der Waals surface area contributed by atoms with Crippen LogP contribution in [0.15, 0.2) is 46.5 Å². The zero-order chi connectivity index (χ0) is 18.9. The number of anilines is 1. The molecule has 0 spiro atoms. The van der Waals surface area contributed by atoms with E-state index in [1.165, 1.54) is 36.3 Å². The van der Waals surface area contributed by atoms with Crippen LogP contribution in [0.5, 0.6) is 0 Å². The molecule has 0 unspecified atom stereocenters. The molecular formula is C16H17N5O4S. The Morgan fingerprint density at radius 3 is 2.73 bits per heavy atom. The van der Waals surface area contributed by atoms with E-state index in [-0.39, 0.29) is 22.9 Å². The van der Waals surface area contributed by atoms with Gasteiger partial charge in [-0.05, 0) is 12.1 Å². The monoisotopic (exact) mass is 375 g/mol. The molecular weight excluding hydrogens is 358 g/mol. The minimum Gasteiger partial charge on any atom is -0.323 e. The smallest absolute Gasteiger partial charge is 0.264 e. The van der Waals surface area contributed by atoms with E-state index in [1.807, 2.05) is 0 Å². The zero-order valence-electron chi connectivity index (χ0n) is 14.2. The van der Waals surface area contributed by atoms with Gasteiger partial charge in [-0.3, -0.25) is 18.8 Å². The molecule has 136 valence electrons. The number of hydrogen-bond donors (Lipinski definition) is 1. The molecule has 0 saturated heterocycles. The van der Waals surface area contributed by atoms with Crippen molar-refractivity contribution < 1.29 is 13.2 Å². The highest BCUT2D eigenvalue weighted by molar-refractivity contribution is 7.91. The van der Waals surface area contributed by atoms with Crippen LogP contribution in [0.3, 0.4) is 0 Å². The van der Waals surface area contributed by atoms with Gasteiger partial charge >= 0.3 is 0 Å². The van der Waals surface area contributed by atoms with Gasteiger partial charge in [-0.25, -0.2) is 13.4 Å². The number of benzene rings is 1. The van der Waals surface area contributed by atoms with Crippen molar-refractivity contribution in [3.63, 3.8) is 0 Å². The minimum absolute atomic E-state index is 0.0454. The molecule has 9 nitrogen and oxygen atoms in total. The Balaban J connectivity index is 1.87. The molecule has 0 aliphatic carbocycles. The first kappa shape index (κ1) is 17.8. The summed E-state index contributed by atoms with van der Waals surface area (Å²) in [6.45, 7) is 1.24. The molecule has 0 aliphatic rings. The highest BCUT2D eigenvalue weighted by atomic mass is 32.2. The van der Waals surface area contributed by atoms with E-state index in [9.17, 15) is 18.0 Å². The second kappa shape index (κ2) is 6.71. The fourth-order valence-corrected chi connectivity index (χ4v) is 3.57. The average molecular weight is 375 g/mol. The predicted octanol–water partition coefficient (Wildman–Crippen LogP) is 0.562. The van der Waals surface area contributed by atoms with Crippen LogP contribution in [0.25, 0.3) is 11.0 Å². The number of amides is 1. The van der Waals surface area contributed by atoms with Crippen molar-refractivity contribution in [2.75, 3.05) is 11.1 Å². The molecule has 1 amide bonds. The van der Waals surface area contributed by atoms with Crippen LogP contribution in [-0.2, 0) is 28.2 Å². The highest BCUT2D eigenvalue weighted by Gasteiger charge is 2.18. The minimum atomic E-state index is -3.49. The molecule has 3 aromatic rings. The van der Waals surface area contributed by atoms with Gasteiger partial charge in [0.2, 0.25) is 5.91 Å². The Hall–Kier alpha value is -3.01. The summed E-state index contributed by atoms with van der Waals surface area (Å²) in [5.41, 5.74) is 0.210. The third kappa shape index (κ3) is 3.23. The van der Waals surface area contributed by atoms with E-state index in [0.717, 1.165) is 4.57 Å². The molecule has 0 fully saturated rings. The third-order valence-electron chi connectivity index (χ3n) is 3.91. The molecule has 0 radical (unpaired) electrons. The fourth-order valence-electron chi connectivity index (χ4n) is 2.52. The van der Waals surface area contributed by atoms with Crippen LogP contribution in [0.1, 0.15) is 6.92 Å². The molecule has 26 heavy (non-hydrogen) atoms. The summed E-state index contributed by atoms with van der Waals surface area (Å²) >= 11 is 0. The van der Waals surface area contributed by atoms with Gasteiger partial charge in [-0.15, -0.1) is 0 Å². The molecule has 0 saturated carbocycles. The fraction of sp³-hybridized carbons (Fsp3) is 0.250. The van der Waals surface area contributed by atoms with Gasteiger partial charge in [0.15, 0.2) is 15.5 Å². The number of aromatic nitrogens is 4. The lowest BCUT2D eigenvalue weighted by Crippen LogP contribution is -2.28. The molecule has 1 aromatic carbocycles. The highest BCUT2D eigenvalue weighted by Crippen LogP contribution is 2.21. The van der Waals surface area contributed by atoms with E-state index in [4.69, 9.17) is 0 Å². The molecule has 0 atom stereocenters. The largest absolute Gasteiger partial charge is 0.323 e. The van der Waals surface area contributed by atoms with Gasteiger partial charge in [0.25, 0.3) is 5.56 Å². The van der Waals surface area contributed by atoms with Crippen molar-refractivity contribution in [1.29, 1.82) is 0 Å². The first-order valence-electron chi connectivity index (χ1n) is 7.82. The number of nitrogens with zero attached hydrogens (tertiary/aromatic N) is 4. The lowest BCUT2D eigenvalue weighted by Gasteiger charge is -2.11. The molecule has 2 heterocycles. The van der Waals surface area contributed by atoms with E-state index in [2.05, 4.69) is 15.4 Å². The summed E-state index contributed by atoms with van der Waals surface area (Å²) in [4.78, 5) is 28.9. The zero-order valence-corrected chi connectivity index (χ0v) is 15.0. The Kier molecular flexibility index (Phi) is 4.60. The number of hydrogen-bond acceptors (Lipinski definition) is 6. The van der Waals surface area contributed by atoms with Gasteiger partial charge in [0.05, 0.1) is 22.5 Å². The number of carbonyl (C=O) groups excluding carboxylic acids is 1. The van der Waals surface area contributed by atoms with Crippen LogP contribution in [0.2, 0.25) is 0 Å². The second-order valence-corrected chi connectivity index (χ2v) is 7.88. The van der Waals surface area contributed by atoms with Gasteiger partial charge in [-0.2, -0.15) is 5.10 Å². The normalized spacial score (nSPS) is 11.6. The summed E-state index contributed by atoms with van der Waals surface area (Å²) in [7, 11) is -1.82. The molecule has 0 bridgehead atoms. The third-order valence-corrected chi connectivity index (χ3v) is 5.69. The number of aryl methyl sites for hydroxylation is 1. The van der Waals surface area contributed by atoms with Crippen molar-refractivity contribution in [2.24, 2.45) is 7.05 Å². The standard InChI is InChI=1S/C16H17N5O4S/c1-3-26(24,25)13-7-5-4-6-12(13)19-14(22)9-21-10-17-15-11(16(21)23)8-18-20(15)2/h4-8,10H,3,9H2,1-2H3,(H,19,22). The Bertz CT molecular complexity index is 1150. The number of fused-ring (bicyclic) bond motifs is 1. The maximum Gasteiger partial charge on any atom is 0.264 e. The summed E-state index contributed by atoms with van der Waals surface area (Å²) in [6.07, 6.45) is 2.66. The molecule has 3 rings (SSSR count). The number of rotatable bonds is 5. The Morgan fingerprint density at radius 2 is 2.00 bits per heavy atom. The topological polar surface area (TPSA) is 116 Å². The molecule has 2 aromatic heterocycles. The van der Waals surface area contributed by atoms with Gasteiger partial charge < -0.3 is 5.32 Å². The molecule has 1 N–H and O–H groups in total. The van der Waals surface area contributed by atoms with Crippen molar-refractivity contribution in [3.05, 3.63) is 47.1 Å². The summed E-state index contributed by atoms with van der Waals surface area (Å²) in [5.74, 6) is -0.614. The Morgan fingerprint density at radius 1 is 1.27 bits per heavy atom. The lowest BCUT2D eigenvalue weighted by atomic mass is 10.3. The first-order chi connectivity index (χ1) is 12.3. The number of nitrogens with one attached hydrogen (secondary N) is 1. The van der Waals surface area contributed by atoms with Crippen LogP contribution in [-0.4, -0.2) is 39.4 Å². The SMILES string of the molecule is CCS(=O)(=O)c1ccccc1NC(=O)Cn1cnc2c(cnn2C)c1=O. The number of para-hydroxylation sites is 1. The molecule has 10 heteroatoms. The van der Waals surface area contributed by atoms with E-state index in [1.54, 1.807) is 19.2 Å². The van der Waals surface area contributed by atoms with Gasteiger partial charge in [0.1, 0.15) is 18.3 Å². The number of sulfone groups is 1. The van der Waals surface area contributed by atoms with Crippen LogP contribution < -0.4 is 10.9 Å². The van der Waals surface area contributed by atoms with E-state index < -0.39 is 21.3 Å². The van der Waals surface area contributed by atoms with Crippen molar-refractivity contribution >= 4 is 32.5 Å². The van der Waals surface area contributed by atoms with Crippen molar-refractivity contribution in [3.8, 4) is 0 Å². The van der Waals surface area contributed by atoms with Crippen LogP contribution in [0, 0.1) is 0 Å². The van der Waals surface area contributed by atoms with Crippen LogP contribution >= 0.6 is 0 Å². The van der Waals surface area contributed by atoms with E-state index in [0.29, 0.717) is 11.0 Å². The quantitative estimate of drug-likeness (QED) is 0.697. The average Bonchev–Trinajstić information content (AvgIpc) is 2.99. The summed E-state index contributed by atoms with van der Waals surface area (Å²) in [5, 5.41) is 6.82. The summed E-state index contributed by atoms with van der Waals surface area (Å²) < 4.78 is 26.9. The van der Waals surface area contributed by atoms with Crippen molar-refractivity contribution in [1.82, 2.24) is 19.3 Å². The lowest BCUT2D eigenvalue weighted by molar-refractivity contribution is -0.116. The Labute approximate surface area is 149 Å². The van der Waals surface area contributed by atoms with Crippen LogP contribution in [0.4, 0.5) is 5.69 Å². The van der Waals surface area contributed by atoms with Gasteiger partial charge in [-0.1, -0.05) is 19.1 Å². The first-order valence-corrected chi connectivity index (χ1v) is 9.47. The maximum atomic E-state index is 12.4.